The van der Waals surface area contributed by atoms with Crippen LogP contribution < -0.4 is 5.32 Å². The minimum atomic E-state index is 0.636. The Morgan fingerprint density at radius 3 is 2.95 bits per heavy atom. The lowest BCUT2D eigenvalue weighted by Crippen LogP contribution is -2.25. The van der Waals surface area contributed by atoms with Crippen molar-refractivity contribution in [1.82, 2.24) is 14.9 Å². The molecule has 0 saturated heterocycles. The first-order valence-electron chi connectivity index (χ1n) is 7.17. The fraction of sp³-hybridized carbons (Fsp3) is 0.438. The Labute approximate surface area is 113 Å². The molecule has 1 aliphatic heterocycles. The highest BCUT2D eigenvalue weighted by Gasteiger charge is 2.42. The molecule has 0 radical (unpaired) electrons. The van der Waals surface area contributed by atoms with E-state index < -0.39 is 0 Å². The van der Waals surface area contributed by atoms with Crippen LogP contribution >= 0.6 is 0 Å². The summed E-state index contributed by atoms with van der Waals surface area (Å²) in [6.45, 7) is 4.17. The first kappa shape index (κ1) is 11.2. The zero-order valence-electron chi connectivity index (χ0n) is 11.3. The van der Waals surface area contributed by atoms with Crippen LogP contribution in [0.4, 0.5) is 0 Å². The summed E-state index contributed by atoms with van der Waals surface area (Å²) in [6, 6.07) is 11.5. The second-order valence-electron chi connectivity index (χ2n) is 5.67. The Bertz CT molecular complexity index is 600. The topological polar surface area (TPSA) is 29.9 Å². The highest BCUT2D eigenvalue weighted by molar-refractivity contribution is 5.30. The number of fused-ring (bicyclic) bond motifs is 1. The lowest BCUT2D eigenvalue weighted by atomic mass is 10.1. The molecule has 1 aliphatic carbocycles. The maximum absolute atomic E-state index is 4.74. The van der Waals surface area contributed by atoms with Crippen LogP contribution in [0.2, 0.25) is 0 Å². The van der Waals surface area contributed by atoms with Gasteiger partial charge < -0.3 is 9.88 Å². The molecular formula is C16H19N3. The van der Waals surface area contributed by atoms with Gasteiger partial charge in [0.1, 0.15) is 5.82 Å². The SMILES string of the molecule is Cc1nc2c(n1C1CC1c1ccccc1)CCNC2. The van der Waals surface area contributed by atoms with Crippen LogP contribution in [-0.4, -0.2) is 16.1 Å². The van der Waals surface area contributed by atoms with Gasteiger partial charge in [-0.2, -0.15) is 0 Å². The second kappa shape index (κ2) is 4.20. The lowest BCUT2D eigenvalue weighted by Gasteiger charge is -2.16. The Hall–Kier alpha value is -1.61. The van der Waals surface area contributed by atoms with E-state index in [1.807, 2.05) is 0 Å². The Kier molecular flexibility index (Phi) is 2.49. The molecule has 3 nitrogen and oxygen atoms in total. The molecule has 1 aromatic heterocycles. The first-order chi connectivity index (χ1) is 9.34. The van der Waals surface area contributed by atoms with Gasteiger partial charge in [-0.05, 0) is 18.9 Å². The number of nitrogens with one attached hydrogen (secondary N) is 1. The van der Waals surface area contributed by atoms with Crippen LogP contribution in [0.3, 0.4) is 0 Å². The molecule has 0 amide bonds. The van der Waals surface area contributed by atoms with Crippen molar-refractivity contribution in [2.75, 3.05) is 6.54 Å². The molecule has 1 saturated carbocycles. The molecule has 98 valence electrons. The van der Waals surface area contributed by atoms with Gasteiger partial charge >= 0.3 is 0 Å². The Balaban J connectivity index is 1.67. The van der Waals surface area contributed by atoms with E-state index in [4.69, 9.17) is 4.98 Å². The third-order valence-corrected chi connectivity index (χ3v) is 4.42. The molecule has 2 aliphatic rings. The number of imidazole rings is 1. The minimum absolute atomic E-state index is 0.636. The average molecular weight is 253 g/mol. The zero-order chi connectivity index (χ0) is 12.8. The van der Waals surface area contributed by atoms with Crippen LogP contribution in [0.25, 0.3) is 0 Å². The predicted octanol–water partition coefficient (Wildman–Crippen LogP) is 2.57. The molecule has 2 unspecified atom stereocenters. The monoisotopic (exact) mass is 253 g/mol. The molecule has 0 bridgehead atoms. The van der Waals surface area contributed by atoms with Gasteiger partial charge in [0, 0.05) is 37.2 Å². The van der Waals surface area contributed by atoms with Gasteiger partial charge in [-0.25, -0.2) is 4.98 Å². The van der Waals surface area contributed by atoms with E-state index in [9.17, 15) is 0 Å². The maximum atomic E-state index is 4.74. The van der Waals surface area contributed by atoms with E-state index in [1.54, 1.807) is 0 Å². The van der Waals surface area contributed by atoms with Gasteiger partial charge in [-0.15, -0.1) is 0 Å². The molecular weight excluding hydrogens is 234 g/mol. The third kappa shape index (κ3) is 1.80. The molecule has 1 N–H and O–H groups in total. The van der Waals surface area contributed by atoms with Crippen molar-refractivity contribution in [3.63, 3.8) is 0 Å². The normalized spacial score (nSPS) is 25.1. The lowest BCUT2D eigenvalue weighted by molar-refractivity contribution is 0.584. The van der Waals surface area contributed by atoms with Crippen molar-refractivity contribution >= 4 is 0 Å². The minimum Gasteiger partial charge on any atom is -0.328 e. The van der Waals surface area contributed by atoms with Gasteiger partial charge in [0.05, 0.1) is 5.69 Å². The number of aryl methyl sites for hydroxylation is 1. The molecule has 2 aromatic rings. The van der Waals surface area contributed by atoms with E-state index in [2.05, 4.69) is 47.1 Å². The average Bonchev–Trinajstić information content (AvgIpc) is 3.15. The Morgan fingerprint density at radius 2 is 2.11 bits per heavy atom. The third-order valence-electron chi connectivity index (χ3n) is 4.42. The van der Waals surface area contributed by atoms with Crippen molar-refractivity contribution in [2.24, 2.45) is 0 Å². The van der Waals surface area contributed by atoms with Gasteiger partial charge in [-0.1, -0.05) is 30.3 Å². The van der Waals surface area contributed by atoms with Crippen LogP contribution in [0, 0.1) is 6.92 Å². The fourth-order valence-electron chi connectivity index (χ4n) is 3.43. The summed E-state index contributed by atoms with van der Waals surface area (Å²) in [7, 11) is 0. The highest BCUT2D eigenvalue weighted by Crippen LogP contribution is 2.52. The molecule has 2 atom stereocenters. The van der Waals surface area contributed by atoms with E-state index in [-0.39, 0.29) is 0 Å². The highest BCUT2D eigenvalue weighted by atomic mass is 15.2. The number of hydrogen-bond donors (Lipinski definition) is 1. The fourth-order valence-corrected chi connectivity index (χ4v) is 3.43. The van der Waals surface area contributed by atoms with Crippen molar-refractivity contribution in [3.05, 3.63) is 53.1 Å². The summed E-state index contributed by atoms with van der Waals surface area (Å²) in [5, 5.41) is 3.41. The summed E-state index contributed by atoms with van der Waals surface area (Å²) in [6.07, 6.45) is 2.38. The molecule has 2 heterocycles. The zero-order valence-corrected chi connectivity index (χ0v) is 11.3. The first-order valence-corrected chi connectivity index (χ1v) is 7.17. The van der Waals surface area contributed by atoms with Crippen LogP contribution in [0.15, 0.2) is 30.3 Å². The van der Waals surface area contributed by atoms with Crippen LogP contribution in [-0.2, 0) is 13.0 Å². The number of aromatic nitrogens is 2. The quantitative estimate of drug-likeness (QED) is 0.891. The number of hydrogen-bond acceptors (Lipinski definition) is 2. The summed E-state index contributed by atoms with van der Waals surface area (Å²) in [5.74, 6) is 1.88. The van der Waals surface area contributed by atoms with Crippen molar-refractivity contribution in [2.45, 2.75) is 38.3 Å². The van der Waals surface area contributed by atoms with Gasteiger partial charge in [0.2, 0.25) is 0 Å². The number of rotatable bonds is 2. The summed E-state index contributed by atoms with van der Waals surface area (Å²) in [5.41, 5.74) is 4.21. The van der Waals surface area contributed by atoms with E-state index >= 15 is 0 Å². The Morgan fingerprint density at radius 1 is 1.26 bits per heavy atom. The van der Waals surface area contributed by atoms with Gasteiger partial charge in [0.15, 0.2) is 0 Å². The van der Waals surface area contributed by atoms with Crippen LogP contribution in [0.5, 0.6) is 0 Å². The maximum Gasteiger partial charge on any atom is 0.106 e. The van der Waals surface area contributed by atoms with Crippen LogP contribution in [0.1, 0.15) is 41.2 Å². The van der Waals surface area contributed by atoms with Gasteiger partial charge in [-0.3, -0.25) is 0 Å². The summed E-state index contributed by atoms with van der Waals surface area (Å²) in [4.78, 5) is 4.74. The second-order valence-corrected chi connectivity index (χ2v) is 5.67. The smallest absolute Gasteiger partial charge is 0.106 e. The largest absolute Gasteiger partial charge is 0.328 e. The molecule has 19 heavy (non-hydrogen) atoms. The van der Waals surface area contributed by atoms with E-state index in [1.165, 1.54) is 29.2 Å². The predicted molar refractivity (Wildman–Crippen MR) is 75.2 cm³/mol. The summed E-state index contributed by atoms with van der Waals surface area (Å²) >= 11 is 0. The van der Waals surface area contributed by atoms with E-state index in [0.717, 1.165) is 19.5 Å². The molecule has 4 rings (SSSR count). The van der Waals surface area contributed by atoms with Crippen molar-refractivity contribution < 1.29 is 0 Å². The molecule has 3 heteroatoms. The van der Waals surface area contributed by atoms with Crippen molar-refractivity contribution in [3.8, 4) is 0 Å². The van der Waals surface area contributed by atoms with E-state index in [0.29, 0.717) is 12.0 Å². The molecule has 1 fully saturated rings. The number of benzene rings is 1. The standard InChI is InChI=1S/C16H19N3/c1-11-18-14-10-17-8-7-15(14)19(11)16-9-13(16)12-5-3-2-4-6-12/h2-6,13,16-17H,7-10H2,1H3. The molecule has 1 aromatic carbocycles. The molecule has 0 spiro atoms. The van der Waals surface area contributed by atoms with Gasteiger partial charge in [0.25, 0.3) is 0 Å². The number of nitrogens with zero attached hydrogens (tertiary/aromatic N) is 2. The van der Waals surface area contributed by atoms with Crippen molar-refractivity contribution in [1.29, 1.82) is 0 Å². The summed E-state index contributed by atoms with van der Waals surface area (Å²) < 4.78 is 2.51.